The van der Waals surface area contributed by atoms with Crippen molar-refractivity contribution in [2.45, 2.75) is 24.4 Å². The van der Waals surface area contributed by atoms with Crippen molar-refractivity contribution in [1.82, 2.24) is 14.5 Å². The first-order valence-corrected chi connectivity index (χ1v) is 9.41. The molecule has 130 valence electrons. The Balaban J connectivity index is 1.67. The van der Waals surface area contributed by atoms with Gasteiger partial charge in [-0.05, 0) is 41.8 Å². The second-order valence-electron chi connectivity index (χ2n) is 6.19. The highest BCUT2D eigenvalue weighted by Gasteiger charge is 2.12. The molecular formula is C21H18FN3S. The van der Waals surface area contributed by atoms with Crippen molar-refractivity contribution in [3.05, 3.63) is 89.5 Å². The standard InChI is InChI=1S/C21H18FN3S/c1-15-4-2-3-5-17(15)14-26-21-24-19-10-11-23-12-20(19)25(21)13-16-6-8-18(22)9-7-16/h2-12H,13-14H2,1H3. The average molecular weight is 363 g/mol. The molecule has 0 radical (unpaired) electrons. The number of hydrogen-bond donors (Lipinski definition) is 0. The van der Waals surface area contributed by atoms with Crippen LogP contribution in [-0.2, 0) is 12.3 Å². The monoisotopic (exact) mass is 363 g/mol. The Bertz CT molecular complexity index is 1040. The summed E-state index contributed by atoms with van der Waals surface area (Å²) >= 11 is 1.71. The number of hydrogen-bond acceptors (Lipinski definition) is 3. The van der Waals surface area contributed by atoms with Crippen LogP contribution in [0.5, 0.6) is 0 Å². The Kier molecular flexibility index (Phi) is 4.71. The number of pyridine rings is 1. The van der Waals surface area contributed by atoms with E-state index < -0.39 is 0 Å². The van der Waals surface area contributed by atoms with Gasteiger partial charge in [0.05, 0.1) is 23.8 Å². The third-order valence-corrected chi connectivity index (χ3v) is 5.41. The molecule has 0 amide bonds. The van der Waals surface area contributed by atoms with Crippen molar-refractivity contribution in [2.75, 3.05) is 0 Å². The van der Waals surface area contributed by atoms with Crippen LogP contribution in [-0.4, -0.2) is 14.5 Å². The molecule has 0 spiro atoms. The summed E-state index contributed by atoms with van der Waals surface area (Å²) < 4.78 is 15.4. The molecule has 0 N–H and O–H groups in total. The van der Waals surface area contributed by atoms with E-state index in [2.05, 4.69) is 40.7 Å². The molecule has 2 aromatic carbocycles. The highest BCUT2D eigenvalue weighted by Crippen LogP contribution is 2.28. The first kappa shape index (κ1) is 16.8. The molecule has 0 aliphatic rings. The maximum Gasteiger partial charge on any atom is 0.169 e. The van der Waals surface area contributed by atoms with Crippen molar-refractivity contribution in [3.8, 4) is 0 Å². The summed E-state index contributed by atoms with van der Waals surface area (Å²) in [5.41, 5.74) is 5.53. The van der Waals surface area contributed by atoms with Gasteiger partial charge in [-0.2, -0.15) is 0 Å². The van der Waals surface area contributed by atoms with Crippen LogP contribution in [0.25, 0.3) is 11.0 Å². The number of halogens is 1. The largest absolute Gasteiger partial charge is 0.313 e. The molecule has 4 rings (SSSR count). The van der Waals surface area contributed by atoms with Gasteiger partial charge < -0.3 is 4.57 Å². The maximum absolute atomic E-state index is 13.2. The third-order valence-electron chi connectivity index (χ3n) is 4.39. The number of thioether (sulfide) groups is 1. The summed E-state index contributed by atoms with van der Waals surface area (Å²) in [5, 5.41) is 0.945. The zero-order valence-corrected chi connectivity index (χ0v) is 15.2. The Morgan fingerprint density at radius 2 is 1.85 bits per heavy atom. The molecular weight excluding hydrogens is 345 g/mol. The zero-order valence-electron chi connectivity index (χ0n) is 14.4. The second kappa shape index (κ2) is 7.30. The third kappa shape index (κ3) is 3.48. The molecule has 0 aliphatic heterocycles. The van der Waals surface area contributed by atoms with Crippen LogP contribution >= 0.6 is 11.8 Å². The van der Waals surface area contributed by atoms with E-state index in [-0.39, 0.29) is 5.82 Å². The number of nitrogens with zero attached hydrogens (tertiary/aromatic N) is 3. The van der Waals surface area contributed by atoms with Gasteiger partial charge in [-0.3, -0.25) is 4.98 Å². The molecule has 0 saturated carbocycles. The van der Waals surface area contributed by atoms with Gasteiger partial charge in [-0.25, -0.2) is 9.37 Å². The van der Waals surface area contributed by atoms with Crippen molar-refractivity contribution in [2.24, 2.45) is 0 Å². The summed E-state index contributed by atoms with van der Waals surface area (Å²) in [7, 11) is 0. The van der Waals surface area contributed by atoms with Crippen LogP contribution in [0.3, 0.4) is 0 Å². The van der Waals surface area contributed by atoms with Crippen LogP contribution in [0.1, 0.15) is 16.7 Å². The van der Waals surface area contributed by atoms with Gasteiger partial charge >= 0.3 is 0 Å². The number of benzene rings is 2. The molecule has 0 unspecified atom stereocenters. The van der Waals surface area contributed by atoms with Crippen molar-refractivity contribution in [1.29, 1.82) is 0 Å². The molecule has 0 saturated heterocycles. The molecule has 26 heavy (non-hydrogen) atoms. The summed E-state index contributed by atoms with van der Waals surface area (Å²) in [6, 6.07) is 16.9. The molecule has 0 fully saturated rings. The number of imidazole rings is 1. The van der Waals surface area contributed by atoms with Crippen LogP contribution < -0.4 is 0 Å². The molecule has 5 heteroatoms. The number of aromatic nitrogens is 3. The number of fused-ring (bicyclic) bond motifs is 1. The van der Waals surface area contributed by atoms with Gasteiger partial charge in [-0.1, -0.05) is 48.2 Å². The van der Waals surface area contributed by atoms with Crippen LogP contribution in [0, 0.1) is 12.7 Å². The van der Waals surface area contributed by atoms with Crippen LogP contribution in [0.2, 0.25) is 0 Å². The average Bonchev–Trinajstić information content (AvgIpc) is 3.00. The summed E-state index contributed by atoms with van der Waals surface area (Å²) in [5.74, 6) is 0.632. The Morgan fingerprint density at radius 1 is 1.04 bits per heavy atom. The smallest absolute Gasteiger partial charge is 0.169 e. The highest BCUT2D eigenvalue weighted by atomic mass is 32.2. The van der Waals surface area contributed by atoms with Crippen molar-refractivity contribution < 1.29 is 4.39 Å². The van der Waals surface area contributed by atoms with E-state index in [4.69, 9.17) is 4.98 Å². The van der Waals surface area contributed by atoms with Gasteiger partial charge in [0.15, 0.2) is 5.16 Å². The minimum atomic E-state index is -0.222. The van der Waals surface area contributed by atoms with Crippen molar-refractivity contribution >= 4 is 22.8 Å². The van der Waals surface area contributed by atoms with E-state index >= 15 is 0 Å². The van der Waals surface area contributed by atoms with Gasteiger partial charge in [0.2, 0.25) is 0 Å². The predicted molar refractivity (Wildman–Crippen MR) is 104 cm³/mol. The maximum atomic E-state index is 13.2. The lowest BCUT2D eigenvalue weighted by molar-refractivity contribution is 0.625. The molecule has 0 bridgehead atoms. The Labute approximate surface area is 155 Å². The van der Waals surface area contributed by atoms with E-state index in [1.807, 2.05) is 24.4 Å². The highest BCUT2D eigenvalue weighted by molar-refractivity contribution is 7.98. The van der Waals surface area contributed by atoms with Crippen LogP contribution in [0.15, 0.2) is 72.1 Å². The topological polar surface area (TPSA) is 30.7 Å². The Morgan fingerprint density at radius 3 is 2.65 bits per heavy atom. The van der Waals surface area contributed by atoms with Gasteiger partial charge in [0.25, 0.3) is 0 Å². The molecule has 3 nitrogen and oxygen atoms in total. The van der Waals surface area contributed by atoms with E-state index in [1.165, 1.54) is 23.3 Å². The number of aryl methyl sites for hydroxylation is 1. The van der Waals surface area contributed by atoms with Crippen molar-refractivity contribution in [3.63, 3.8) is 0 Å². The quantitative estimate of drug-likeness (QED) is 0.456. The first-order valence-electron chi connectivity index (χ1n) is 8.43. The Hall–Kier alpha value is -2.66. The fourth-order valence-electron chi connectivity index (χ4n) is 2.90. The van der Waals surface area contributed by atoms with Gasteiger partial charge in [0, 0.05) is 11.9 Å². The van der Waals surface area contributed by atoms with E-state index in [1.54, 1.807) is 18.0 Å². The van der Waals surface area contributed by atoms with E-state index in [9.17, 15) is 4.39 Å². The van der Waals surface area contributed by atoms with E-state index in [0.717, 1.165) is 27.5 Å². The zero-order chi connectivity index (χ0) is 17.9. The van der Waals surface area contributed by atoms with Gasteiger partial charge in [0.1, 0.15) is 5.82 Å². The molecule has 2 heterocycles. The van der Waals surface area contributed by atoms with Crippen LogP contribution in [0.4, 0.5) is 4.39 Å². The SMILES string of the molecule is Cc1ccccc1CSc1nc2ccncc2n1Cc1ccc(F)cc1. The predicted octanol–water partition coefficient (Wildman–Crippen LogP) is 5.22. The minimum Gasteiger partial charge on any atom is -0.313 e. The first-order chi connectivity index (χ1) is 12.7. The van der Waals surface area contributed by atoms with Gasteiger partial charge in [-0.15, -0.1) is 0 Å². The van der Waals surface area contributed by atoms with E-state index in [0.29, 0.717) is 6.54 Å². The minimum absolute atomic E-state index is 0.222. The fraction of sp³-hybridized carbons (Fsp3) is 0.143. The lowest BCUT2D eigenvalue weighted by atomic mass is 10.1. The number of rotatable bonds is 5. The molecule has 0 atom stereocenters. The lowest BCUT2D eigenvalue weighted by Gasteiger charge is -2.10. The lowest BCUT2D eigenvalue weighted by Crippen LogP contribution is -2.02. The summed E-state index contributed by atoms with van der Waals surface area (Å²) in [6.07, 6.45) is 3.59. The molecule has 4 aromatic rings. The fourth-order valence-corrected chi connectivity index (χ4v) is 3.99. The normalized spacial score (nSPS) is 11.2. The second-order valence-corrected chi connectivity index (χ2v) is 7.13. The summed E-state index contributed by atoms with van der Waals surface area (Å²) in [6.45, 7) is 2.76. The molecule has 2 aromatic heterocycles. The molecule has 0 aliphatic carbocycles. The summed E-state index contributed by atoms with van der Waals surface area (Å²) in [4.78, 5) is 9.03.